The highest BCUT2D eigenvalue weighted by Crippen LogP contribution is 2.40. The third-order valence-electron chi connectivity index (χ3n) is 6.22. The van der Waals surface area contributed by atoms with Crippen LogP contribution in [0, 0.1) is 5.41 Å². The van der Waals surface area contributed by atoms with Crippen LogP contribution in [-0.2, 0) is 20.9 Å². The number of nitrogens with one attached hydrogen (secondary N) is 1. The highest BCUT2D eigenvalue weighted by atomic mass is 16.2. The van der Waals surface area contributed by atoms with Gasteiger partial charge in [-0.1, -0.05) is 19.4 Å². The zero-order chi connectivity index (χ0) is 20.9. The van der Waals surface area contributed by atoms with E-state index in [1.165, 1.54) is 6.92 Å². The maximum absolute atomic E-state index is 12.9. The summed E-state index contributed by atoms with van der Waals surface area (Å²) in [5.74, 6) is 0.0452. The maximum atomic E-state index is 12.9. The molecule has 1 atom stereocenters. The molecule has 3 amide bonds. The fourth-order valence-electron chi connectivity index (χ4n) is 4.55. The first kappa shape index (κ1) is 21.3. The molecule has 2 saturated heterocycles. The number of pyridine rings is 1. The van der Waals surface area contributed by atoms with E-state index in [1.54, 1.807) is 6.20 Å². The second-order valence-corrected chi connectivity index (χ2v) is 8.44. The van der Waals surface area contributed by atoms with Crippen molar-refractivity contribution in [2.45, 2.75) is 65.0 Å². The van der Waals surface area contributed by atoms with Crippen LogP contribution in [0.1, 0.15) is 58.1 Å². The molecule has 29 heavy (non-hydrogen) atoms. The minimum absolute atomic E-state index is 0.0223. The largest absolute Gasteiger partial charge is 0.345 e. The SMILES string of the molecule is CCC[C@@H](NC(C)=O)C(=O)N1CCC2(CCC(=O)N(Cc3ccccn3)C2)CC1. The number of carbonyl (C=O) groups is 3. The summed E-state index contributed by atoms with van der Waals surface area (Å²) in [6.45, 7) is 6.12. The second kappa shape index (κ2) is 9.37. The fraction of sp³-hybridized carbons (Fsp3) is 0.636. The van der Waals surface area contributed by atoms with Crippen molar-refractivity contribution in [3.8, 4) is 0 Å². The molecule has 0 aliphatic carbocycles. The monoisotopic (exact) mass is 400 g/mol. The van der Waals surface area contributed by atoms with Crippen LogP contribution in [0.2, 0.25) is 0 Å². The van der Waals surface area contributed by atoms with Crippen molar-refractivity contribution in [1.82, 2.24) is 20.1 Å². The van der Waals surface area contributed by atoms with Gasteiger partial charge in [0.25, 0.3) is 0 Å². The van der Waals surface area contributed by atoms with Gasteiger partial charge in [-0.15, -0.1) is 0 Å². The number of aromatic nitrogens is 1. The van der Waals surface area contributed by atoms with E-state index < -0.39 is 6.04 Å². The number of nitrogens with zero attached hydrogens (tertiary/aromatic N) is 3. The number of rotatable bonds is 6. The normalized spacial score (nSPS) is 19.9. The van der Waals surface area contributed by atoms with Gasteiger partial charge in [-0.05, 0) is 43.2 Å². The lowest BCUT2D eigenvalue weighted by Crippen LogP contribution is -2.55. The van der Waals surface area contributed by atoms with Crippen LogP contribution >= 0.6 is 0 Å². The van der Waals surface area contributed by atoms with E-state index in [-0.39, 0.29) is 23.1 Å². The number of carbonyl (C=O) groups excluding carboxylic acids is 3. The van der Waals surface area contributed by atoms with Crippen LogP contribution < -0.4 is 5.32 Å². The fourth-order valence-corrected chi connectivity index (χ4v) is 4.55. The van der Waals surface area contributed by atoms with Crippen LogP contribution in [0.5, 0.6) is 0 Å². The molecule has 1 spiro atoms. The Kier molecular flexibility index (Phi) is 6.87. The van der Waals surface area contributed by atoms with Crippen molar-refractivity contribution in [3.05, 3.63) is 30.1 Å². The molecular weight excluding hydrogens is 368 g/mol. The maximum Gasteiger partial charge on any atom is 0.245 e. The van der Waals surface area contributed by atoms with E-state index in [0.717, 1.165) is 37.9 Å². The number of hydrogen-bond donors (Lipinski definition) is 1. The molecule has 1 aromatic heterocycles. The Morgan fingerprint density at radius 1 is 1.24 bits per heavy atom. The summed E-state index contributed by atoms with van der Waals surface area (Å²) >= 11 is 0. The molecule has 0 saturated carbocycles. The summed E-state index contributed by atoms with van der Waals surface area (Å²) in [5.41, 5.74) is 0.983. The molecular formula is C22H32N4O3. The molecule has 0 aromatic carbocycles. The minimum atomic E-state index is -0.430. The van der Waals surface area contributed by atoms with Crippen molar-refractivity contribution >= 4 is 17.7 Å². The van der Waals surface area contributed by atoms with E-state index in [2.05, 4.69) is 10.3 Å². The molecule has 2 fully saturated rings. The Morgan fingerprint density at radius 3 is 2.62 bits per heavy atom. The molecule has 3 rings (SSSR count). The van der Waals surface area contributed by atoms with Crippen LogP contribution in [0.25, 0.3) is 0 Å². The molecule has 3 heterocycles. The van der Waals surface area contributed by atoms with E-state index in [0.29, 0.717) is 32.5 Å². The third kappa shape index (κ3) is 5.34. The molecule has 0 unspecified atom stereocenters. The van der Waals surface area contributed by atoms with Crippen LogP contribution in [0.15, 0.2) is 24.4 Å². The van der Waals surface area contributed by atoms with Crippen LogP contribution in [-0.4, -0.2) is 58.2 Å². The molecule has 2 aliphatic heterocycles. The second-order valence-electron chi connectivity index (χ2n) is 8.44. The summed E-state index contributed by atoms with van der Waals surface area (Å²) < 4.78 is 0. The summed E-state index contributed by atoms with van der Waals surface area (Å²) in [5, 5.41) is 2.80. The smallest absolute Gasteiger partial charge is 0.245 e. The summed E-state index contributed by atoms with van der Waals surface area (Å²) in [4.78, 5) is 45.0. The highest BCUT2D eigenvalue weighted by Gasteiger charge is 2.42. The van der Waals surface area contributed by atoms with Gasteiger partial charge < -0.3 is 15.1 Å². The van der Waals surface area contributed by atoms with Gasteiger partial charge in [0.05, 0.1) is 12.2 Å². The average Bonchev–Trinajstić information content (AvgIpc) is 2.71. The molecule has 0 radical (unpaired) electrons. The number of amides is 3. The minimum Gasteiger partial charge on any atom is -0.345 e. The van der Waals surface area contributed by atoms with Crippen molar-refractivity contribution in [2.24, 2.45) is 5.41 Å². The Bertz CT molecular complexity index is 729. The van der Waals surface area contributed by atoms with Gasteiger partial charge in [0.1, 0.15) is 6.04 Å². The molecule has 0 bridgehead atoms. The Labute approximate surface area is 172 Å². The van der Waals surface area contributed by atoms with E-state index in [9.17, 15) is 14.4 Å². The molecule has 1 N–H and O–H groups in total. The average molecular weight is 401 g/mol. The predicted molar refractivity (Wildman–Crippen MR) is 110 cm³/mol. The van der Waals surface area contributed by atoms with Gasteiger partial charge in [-0.2, -0.15) is 0 Å². The standard InChI is InChI=1S/C22H32N4O3/c1-3-6-19(24-17(2)27)21(29)25-13-10-22(11-14-25)9-8-20(28)26(16-22)15-18-7-4-5-12-23-18/h4-5,7,12,19H,3,6,8-11,13-16H2,1-2H3,(H,24,27)/t19-/m1/s1. The van der Waals surface area contributed by atoms with Crippen LogP contribution in [0.3, 0.4) is 0 Å². The van der Waals surface area contributed by atoms with Gasteiger partial charge >= 0.3 is 0 Å². The van der Waals surface area contributed by atoms with Gasteiger partial charge in [-0.25, -0.2) is 0 Å². The summed E-state index contributed by atoms with van der Waals surface area (Å²) in [6.07, 6.45) is 6.49. The van der Waals surface area contributed by atoms with Crippen molar-refractivity contribution in [3.63, 3.8) is 0 Å². The lowest BCUT2D eigenvalue weighted by atomic mass is 9.72. The van der Waals surface area contributed by atoms with Gasteiger partial charge in [-0.3, -0.25) is 19.4 Å². The third-order valence-corrected chi connectivity index (χ3v) is 6.22. The van der Waals surface area contributed by atoms with Crippen molar-refractivity contribution in [2.75, 3.05) is 19.6 Å². The lowest BCUT2D eigenvalue weighted by molar-refractivity contribution is -0.144. The Balaban J connectivity index is 1.60. The molecule has 7 nitrogen and oxygen atoms in total. The number of likely N-dealkylation sites (tertiary alicyclic amines) is 2. The predicted octanol–water partition coefficient (Wildman–Crippen LogP) is 2.12. The van der Waals surface area contributed by atoms with Crippen molar-refractivity contribution < 1.29 is 14.4 Å². The van der Waals surface area contributed by atoms with Crippen LogP contribution in [0.4, 0.5) is 0 Å². The summed E-state index contributed by atoms with van der Waals surface area (Å²) in [7, 11) is 0. The lowest BCUT2D eigenvalue weighted by Gasteiger charge is -2.47. The van der Waals surface area contributed by atoms with Gasteiger partial charge in [0.2, 0.25) is 17.7 Å². The molecule has 2 aliphatic rings. The topological polar surface area (TPSA) is 82.6 Å². The van der Waals surface area contributed by atoms with E-state index in [4.69, 9.17) is 0 Å². The Morgan fingerprint density at radius 2 is 2.00 bits per heavy atom. The first-order chi connectivity index (χ1) is 13.9. The van der Waals surface area contributed by atoms with Gasteiger partial charge in [0, 0.05) is 39.2 Å². The highest BCUT2D eigenvalue weighted by molar-refractivity contribution is 5.87. The number of piperidine rings is 2. The van der Waals surface area contributed by atoms with Crippen molar-refractivity contribution in [1.29, 1.82) is 0 Å². The molecule has 7 heteroatoms. The summed E-state index contributed by atoms with van der Waals surface area (Å²) in [6, 6.07) is 5.34. The molecule has 158 valence electrons. The van der Waals surface area contributed by atoms with Gasteiger partial charge in [0.15, 0.2) is 0 Å². The first-order valence-electron chi connectivity index (χ1n) is 10.7. The zero-order valence-corrected chi connectivity index (χ0v) is 17.5. The van der Waals surface area contributed by atoms with E-state index in [1.807, 2.05) is 34.9 Å². The first-order valence-corrected chi connectivity index (χ1v) is 10.7. The zero-order valence-electron chi connectivity index (χ0n) is 17.5. The molecule has 1 aromatic rings. The number of hydrogen-bond acceptors (Lipinski definition) is 4. The quantitative estimate of drug-likeness (QED) is 0.793. The Hall–Kier alpha value is -2.44. The van der Waals surface area contributed by atoms with E-state index >= 15 is 0 Å².